The number of nitrogens with two attached hydrogens (primary N) is 1. The molecule has 4 heteroatoms. The molecule has 0 saturated heterocycles. The molecule has 0 radical (unpaired) electrons. The molecular weight excluding hydrogens is 240 g/mol. The first-order chi connectivity index (χ1) is 6.07. The lowest BCUT2D eigenvalue weighted by atomic mass is 10.1. The summed E-state index contributed by atoms with van der Waals surface area (Å²) in [6.07, 6.45) is 0.684. The van der Waals surface area contributed by atoms with E-state index in [2.05, 4.69) is 15.9 Å². The maximum absolute atomic E-state index is 13.0. The van der Waals surface area contributed by atoms with Crippen molar-refractivity contribution in [3.05, 3.63) is 33.8 Å². The molecule has 0 bridgehead atoms. The quantitative estimate of drug-likeness (QED) is 0.801. The first-order valence-electron chi connectivity index (χ1n) is 3.96. The van der Waals surface area contributed by atoms with Crippen LogP contribution in [0.25, 0.3) is 0 Å². The van der Waals surface area contributed by atoms with Crippen LogP contribution >= 0.6 is 15.9 Å². The second kappa shape index (κ2) is 4.15. The van der Waals surface area contributed by atoms with Crippen molar-refractivity contribution in [3.63, 3.8) is 0 Å². The number of halogens is 3. The predicted octanol–water partition coefficient (Wildman–Crippen LogP) is 3.14. The number of rotatable bonds is 2. The Balaban J connectivity index is 3.18. The molecule has 0 spiro atoms. The maximum Gasteiger partial charge on any atom is 0.173 e. The zero-order chi connectivity index (χ0) is 10.0. The lowest BCUT2D eigenvalue weighted by Crippen LogP contribution is -2.10. The van der Waals surface area contributed by atoms with Crippen LogP contribution in [0.5, 0.6) is 0 Å². The molecule has 1 atom stereocenters. The van der Waals surface area contributed by atoms with Crippen molar-refractivity contribution in [2.24, 2.45) is 5.73 Å². The van der Waals surface area contributed by atoms with Gasteiger partial charge >= 0.3 is 0 Å². The molecule has 0 unspecified atom stereocenters. The van der Waals surface area contributed by atoms with Crippen LogP contribution in [0.15, 0.2) is 16.6 Å². The Morgan fingerprint density at radius 3 is 2.62 bits per heavy atom. The van der Waals surface area contributed by atoms with Gasteiger partial charge in [0, 0.05) is 6.04 Å². The van der Waals surface area contributed by atoms with E-state index in [1.54, 1.807) is 0 Å². The van der Waals surface area contributed by atoms with Gasteiger partial charge in [-0.25, -0.2) is 8.78 Å². The average Bonchev–Trinajstić information content (AvgIpc) is 2.13. The van der Waals surface area contributed by atoms with E-state index in [0.717, 1.165) is 6.07 Å². The van der Waals surface area contributed by atoms with Crippen LogP contribution < -0.4 is 5.73 Å². The summed E-state index contributed by atoms with van der Waals surface area (Å²) in [4.78, 5) is 0. The molecular formula is C9H10BrF2N. The Bertz CT molecular complexity index is 315. The highest BCUT2D eigenvalue weighted by atomic mass is 79.9. The van der Waals surface area contributed by atoms with Crippen LogP contribution in [0.3, 0.4) is 0 Å². The molecule has 0 amide bonds. The molecule has 2 N–H and O–H groups in total. The molecule has 0 saturated carbocycles. The molecule has 0 aliphatic heterocycles. The molecule has 0 aromatic heterocycles. The van der Waals surface area contributed by atoms with E-state index in [1.807, 2.05) is 6.92 Å². The summed E-state index contributed by atoms with van der Waals surface area (Å²) in [5.74, 6) is -1.74. The van der Waals surface area contributed by atoms with Crippen molar-refractivity contribution in [2.45, 2.75) is 19.4 Å². The molecule has 0 fully saturated rings. The molecule has 1 aromatic carbocycles. The van der Waals surface area contributed by atoms with Gasteiger partial charge in [-0.2, -0.15) is 0 Å². The van der Waals surface area contributed by atoms with E-state index in [1.165, 1.54) is 6.07 Å². The van der Waals surface area contributed by atoms with Gasteiger partial charge in [-0.15, -0.1) is 0 Å². The third kappa shape index (κ3) is 2.06. The second-order valence-corrected chi connectivity index (χ2v) is 3.57. The lowest BCUT2D eigenvalue weighted by Gasteiger charge is -2.11. The first kappa shape index (κ1) is 10.6. The smallest absolute Gasteiger partial charge is 0.173 e. The van der Waals surface area contributed by atoms with Gasteiger partial charge in [0.2, 0.25) is 0 Å². The van der Waals surface area contributed by atoms with E-state index >= 15 is 0 Å². The Kier molecular flexibility index (Phi) is 3.39. The standard InChI is InChI=1S/C9H10BrF2N/c1-2-7(13)5-3-4-6(11)9(12)8(5)10/h3-4,7H,2,13H2,1H3/t7-/m0/s1. The van der Waals surface area contributed by atoms with E-state index in [0.29, 0.717) is 12.0 Å². The zero-order valence-corrected chi connectivity index (χ0v) is 8.74. The summed E-state index contributed by atoms with van der Waals surface area (Å²) in [5.41, 5.74) is 6.29. The molecule has 1 rings (SSSR count). The van der Waals surface area contributed by atoms with Crippen LogP contribution in [0.2, 0.25) is 0 Å². The summed E-state index contributed by atoms with van der Waals surface area (Å²) in [6.45, 7) is 1.89. The van der Waals surface area contributed by atoms with Crippen LogP contribution in [0.4, 0.5) is 8.78 Å². The molecule has 1 aromatic rings. The van der Waals surface area contributed by atoms with Gasteiger partial charge in [0.15, 0.2) is 11.6 Å². The van der Waals surface area contributed by atoms with Gasteiger partial charge < -0.3 is 5.73 Å². The van der Waals surface area contributed by atoms with Crippen LogP contribution in [-0.2, 0) is 0 Å². The van der Waals surface area contributed by atoms with E-state index in [-0.39, 0.29) is 10.5 Å². The second-order valence-electron chi connectivity index (χ2n) is 2.78. The largest absolute Gasteiger partial charge is 0.324 e. The highest BCUT2D eigenvalue weighted by molar-refractivity contribution is 9.10. The van der Waals surface area contributed by atoms with Gasteiger partial charge in [-0.1, -0.05) is 13.0 Å². The van der Waals surface area contributed by atoms with Gasteiger partial charge in [-0.3, -0.25) is 0 Å². The SMILES string of the molecule is CC[C@H](N)c1ccc(F)c(F)c1Br. The fourth-order valence-corrected chi connectivity index (χ4v) is 1.66. The fraction of sp³-hybridized carbons (Fsp3) is 0.333. The van der Waals surface area contributed by atoms with Gasteiger partial charge in [-0.05, 0) is 34.0 Å². The Morgan fingerprint density at radius 2 is 2.08 bits per heavy atom. The summed E-state index contributed by atoms with van der Waals surface area (Å²) >= 11 is 2.98. The highest BCUT2D eigenvalue weighted by Crippen LogP contribution is 2.27. The van der Waals surface area contributed by atoms with Gasteiger partial charge in [0.05, 0.1) is 4.47 Å². The van der Waals surface area contributed by atoms with Crippen molar-refractivity contribution in [1.82, 2.24) is 0 Å². The topological polar surface area (TPSA) is 26.0 Å². The lowest BCUT2D eigenvalue weighted by molar-refractivity contribution is 0.499. The maximum atomic E-state index is 13.0. The number of benzene rings is 1. The van der Waals surface area contributed by atoms with E-state index < -0.39 is 11.6 Å². The minimum Gasteiger partial charge on any atom is -0.324 e. The Labute approximate surface area is 84.1 Å². The zero-order valence-electron chi connectivity index (χ0n) is 7.15. The molecule has 13 heavy (non-hydrogen) atoms. The Morgan fingerprint density at radius 1 is 1.46 bits per heavy atom. The first-order valence-corrected chi connectivity index (χ1v) is 4.76. The molecule has 0 aliphatic rings. The average molecular weight is 250 g/mol. The van der Waals surface area contributed by atoms with Crippen molar-refractivity contribution in [3.8, 4) is 0 Å². The van der Waals surface area contributed by atoms with Crippen molar-refractivity contribution in [2.75, 3.05) is 0 Å². The third-order valence-corrected chi connectivity index (χ3v) is 2.71. The van der Waals surface area contributed by atoms with Crippen molar-refractivity contribution < 1.29 is 8.78 Å². The van der Waals surface area contributed by atoms with E-state index in [9.17, 15) is 8.78 Å². The summed E-state index contributed by atoms with van der Waals surface area (Å²) in [7, 11) is 0. The number of hydrogen-bond donors (Lipinski definition) is 1. The Hall–Kier alpha value is -0.480. The van der Waals surface area contributed by atoms with Crippen molar-refractivity contribution in [1.29, 1.82) is 0 Å². The van der Waals surface area contributed by atoms with E-state index in [4.69, 9.17) is 5.73 Å². The normalized spacial score (nSPS) is 13.0. The highest BCUT2D eigenvalue weighted by Gasteiger charge is 2.14. The summed E-state index contributed by atoms with van der Waals surface area (Å²) < 4.78 is 25.8. The van der Waals surface area contributed by atoms with Gasteiger partial charge in [0.25, 0.3) is 0 Å². The molecule has 72 valence electrons. The van der Waals surface area contributed by atoms with Gasteiger partial charge in [0.1, 0.15) is 0 Å². The third-order valence-electron chi connectivity index (χ3n) is 1.90. The van der Waals surface area contributed by atoms with Crippen LogP contribution in [-0.4, -0.2) is 0 Å². The predicted molar refractivity (Wildman–Crippen MR) is 51.3 cm³/mol. The number of hydrogen-bond acceptors (Lipinski definition) is 1. The molecule has 0 aliphatic carbocycles. The monoisotopic (exact) mass is 249 g/mol. The fourth-order valence-electron chi connectivity index (χ4n) is 1.05. The summed E-state index contributed by atoms with van der Waals surface area (Å²) in [5, 5.41) is 0. The van der Waals surface area contributed by atoms with Crippen molar-refractivity contribution >= 4 is 15.9 Å². The molecule has 0 heterocycles. The minimum atomic E-state index is -0.874. The van der Waals surface area contributed by atoms with Crippen LogP contribution in [0, 0.1) is 11.6 Å². The molecule has 1 nitrogen and oxygen atoms in total. The van der Waals surface area contributed by atoms with Crippen LogP contribution in [0.1, 0.15) is 24.9 Å². The summed E-state index contributed by atoms with van der Waals surface area (Å²) in [6, 6.07) is 2.33. The minimum absolute atomic E-state index is 0.127.